The van der Waals surface area contributed by atoms with Gasteiger partial charge >= 0.3 is 0 Å². The normalized spacial score (nSPS) is 29.2. The van der Waals surface area contributed by atoms with Gasteiger partial charge in [-0.1, -0.05) is 50.0 Å². The van der Waals surface area contributed by atoms with Crippen molar-refractivity contribution < 1.29 is 23.5 Å². The highest BCUT2D eigenvalue weighted by Gasteiger charge is 2.66. The van der Waals surface area contributed by atoms with Crippen molar-refractivity contribution >= 4 is 40.7 Å². The van der Waals surface area contributed by atoms with Gasteiger partial charge in [-0.05, 0) is 85.3 Å². The summed E-state index contributed by atoms with van der Waals surface area (Å²) < 4.78 is 29.3. The fourth-order valence-electron chi connectivity index (χ4n) is 7.16. The van der Waals surface area contributed by atoms with Gasteiger partial charge < -0.3 is 21.1 Å². The fourth-order valence-corrected chi connectivity index (χ4v) is 7.52. The Bertz CT molecular complexity index is 1350. The second-order valence-corrected chi connectivity index (χ2v) is 13.8. The number of hydrogen-bond acceptors (Lipinski definition) is 4. The van der Waals surface area contributed by atoms with Crippen LogP contribution < -0.4 is 16.0 Å². The van der Waals surface area contributed by atoms with Crippen molar-refractivity contribution in [2.75, 3.05) is 11.9 Å². The number of anilines is 1. The summed E-state index contributed by atoms with van der Waals surface area (Å²) in [6, 6.07) is 5.45. The van der Waals surface area contributed by atoms with Gasteiger partial charge in [0.25, 0.3) is 0 Å². The lowest BCUT2D eigenvalue weighted by atomic mass is 9.62. The van der Waals surface area contributed by atoms with Crippen molar-refractivity contribution in [2.45, 2.75) is 88.8 Å². The summed E-state index contributed by atoms with van der Waals surface area (Å²) in [5, 5.41) is 19.0. The van der Waals surface area contributed by atoms with Crippen LogP contribution in [0.25, 0.3) is 0 Å². The number of nitrogens with one attached hydrogen (secondary N) is 3. The Kier molecular flexibility index (Phi) is 8.43. The highest BCUT2D eigenvalue weighted by atomic mass is 35.5. The van der Waals surface area contributed by atoms with E-state index >= 15 is 4.39 Å². The molecule has 41 heavy (non-hydrogen) atoms. The molecule has 10 heteroatoms. The van der Waals surface area contributed by atoms with Crippen LogP contribution >= 0.6 is 23.2 Å². The van der Waals surface area contributed by atoms with E-state index in [0.717, 1.165) is 32.1 Å². The third-order valence-corrected chi connectivity index (χ3v) is 9.47. The highest BCUT2D eigenvalue weighted by molar-refractivity contribution is 6.31. The predicted molar refractivity (Wildman–Crippen MR) is 156 cm³/mol. The molecular weight excluding hydrogens is 571 g/mol. The minimum atomic E-state index is -1.39. The van der Waals surface area contributed by atoms with Gasteiger partial charge in [0, 0.05) is 24.2 Å². The van der Waals surface area contributed by atoms with Gasteiger partial charge in [-0.2, -0.15) is 0 Å². The summed E-state index contributed by atoms with van der Waals surface area (Å²) >= 11 is 12.3. The Balaban J connectivity index is 1.55. The average Bonchev–Trinajstić information content (AvgIpc) is 3.53. The maximum absolute atomic E-state index is 15.0. The van der Waals surface area contributed by atoms with Crippen LogP contribution in [-0.2, 0) is 15.0 Å². The van der Waals surface area contributed by atoms with Gasteiger partial charge in [0.15, 0.2) is 0 Å². The molecule has 2 fully saturated rings. The van der Waals surface area contributed by atoms with Gasteiger partial charge in [-0.25, -0.2) is 8.78 Å². The number of benzene rings is 2. The maximum Gasteiger partial charge on any atom is 0.237 e. The van der Waals surface area contributed by atoms with Crippen LogP contribution in [0.5, 0.6) is 0 Å². The van der Waals surface area contributed by atoms with Gasteiger partial charge in [-0.15, -0.1) is 0 Å². The molecule has 6 nitrogen and oxygen atoms in total. The first-order valence-electron chi connectivity index (χ1n) is 14.3. The van der Waals surface area contributed by atoms with Gasteiger partial charge in [0.05, 0.1) is 22.2 Å². The lowest BCUT2D eigenvalue weighted by Gasteiger charge is -2.37. The number of aliphatic hydroxyl groups excluding tert-OH is 1. The van der Waals surface area contributed by atoms with Crippen LogP contribution in [0.15, 0.2) is 30.3 Å². The quantitative estimate of drug-likeness (QED) is 0.287. The van der Waals surface area contributed by atoms with Crippen molar-refractivity contribution in [2.24, 2.45) is 11.3 Å². The third-order valence-electron chi connectivity index (χ3n) is 8.89. The molecule has 0 unspecified atom stereocenters. The topological polar surface area (TPSA) is 90.5 Å². The summed E-state index contributed by atoms with van der Waals surface area (Å²) in [4.78, 5) is 28.0. The van der Waals surface area contributed by atoms with Crippen LogP contribution in [-0.4, -0.2) is 41.7 Å². The molecule has 2 aromatic rings. The molecule has 5 rings (SSSR count). The Morgan fingerprint density at radius 3 is 2.51 bits per heavy atom. The number of rotatable bonds is 7. The number of carbonyl (C=O) groups is 2. The first-order chi connectivity index (χ1) is 19.3. The summed E-state index contributed by atoms with van der Waals surface area (Å²) in [6.07, 6.45) is 4.50. The smallest absolute Gasteiger partial charge is 0.237 e. The zero-order valence-corrected chi connectivity index (χ0v) is 25.0. The van der Waals surface area contributed by atoms with Crippen LogP contribution in [0.1, 0.15) is 76.3 Å². The molecule has 1 spiro atoms. The molecule has 1 aliphatic carbocycles. The molecule has 0 radical (unpaired) electrons. The zero-order valence-electron chi connectivity index (χ0n) is 23.5. The van der Waals surface area contributed by atoms with Crippen LogP contribution in [0.2, 0.25) is 10.0 Å². The second kappa shape index (κ2) is 11.4. The van der Waals surface area contributed by atoms with E-state index in [1.165, 1.54) is 30.3 Å². The predicted octanol–water partition coefficient (Wildman–Crippen LogP) is 6.08. The number of aliphatic hydroxyl groups is 1. The largest absolute Gasteiger partial charge is 0.393 e. The van der Waals surface area contributed by atoms with Crippen molar-refractivity contribution in [1.29, 1.82) is 0 Å². The van der Waals surface area contributed by atoms with Crippen molar-refractivity contribution in [3.05, 3.63) is 63.1 Å². The average molecular weight is 609 g/mol. The molecule has 4 N–H and O–H groups in total. The third kappa shape index (κ3) is 5.73. The van der Waals surface area contributed by atoms with E-state index in [-0.39, 0.29) is 33.4 Å². The van der Waals surface area contributed by atoms with E-state index < -0.39 is 35.1 Å². The van der Waals surface area contributed by atoms with Crippen LogP contribution in [0, 0.1) is 23.0 Å². The molecule has 6 atom stereocenters. The van der Waals surface area contributed by atoms with E-state index in [9.17, 15) is 19.1 Å². The Labute approximate surface area is 249 Å². The number of fused-ring (bicyclic) bond motifs is 2. The van der Waals surface area contributed by atoms with E-state index in [2.05, 4.69) is 16.0 Å². The van der Waals surface area contributed by atoms with E-state index in [4.69, 9.17) is 23.2 Å². The van der Waals surface area contributed by atoms with Gasteiger partial charge in [-0.3, -0.25) is 9.59 Å². The van der Waals surface area contributed by atoms with Crippen LogP contribution in [0.3, 0.4) is 0 Å². The van der Waals surface area contributed by atoms with E-state index in [0.29, 0.717) is 35.7 Å². The lowest BCUT2D eigenvalue weighted by molar-refractivity contribution is -0.123. The molecule has 2 aromatic carbocycles. The fraction of sp³-hybridized carbons (Fsp3) is 0.548. The number of carbonyl (C=O) groups excluding carboxylic acids is 2. The molecule has 2 amide bonds. The van der Waals surface area contributed by atoms with Crippen molar-refractivity contribution in [3.63, 3.8) is 0 Å². The number of amides is 2. The Morgan fingerprint density at radius 2 is 1.85 bits per heavy atom. The molecule has 222 valence electrons. The van der Waals surface area contributed by atoms with Crippen LogP contribution in [0.4, 0.5) is 14.5 Å². The highest BCUT2D eigenvalue weighted by Crippen LogP contribution is 2.57. The molecule has 1 saturated carbocycles. The lowest BCUT2D eigenvalue weighted by Crippen LogP contribution is -2.49. The zero-order chi connectivity index (χ0) is 29.7. The molecule has 2 heterocycles. The van der Waals surface area contributed by atoms with E-state index in [1.807, 2.05) is 20.8 Å². The summed E-state index contributed by atoms with van der Waals surface area (Å²) in [6.45, 7) is 6.55. The van der Waals surface area contributed by atoms with Gasteiger partial charge in [0.1, 0.15) is 17.0 Å². The molecule has 2 aliphatic heterocycles. The Morgan fingerprint density at radius 1 is 1.12 bits per heavy atom. The van der Waals surface area contributed by atoms with E-state index in [1.54, 1.807) is 0 Å². The first kappa shape index (κ1) is 30.2. The minimum absolute atomic E-state index is 0.120. The maximum atomic E-state index is 15.0. The summed E-state index contributed by atoms with van der Waals surface area (Å²) in [7, 11) is 0. The minimum Gasteiger partial charge on any atom is -0.393 e. The summed E-state index contributed by atoms with van der Waals surface area (Å²) in [5.41, 5.74) is -0.358. The SMILES string of the molecule is CC(C)(C)C[C@H]1N[C@@H](C(=O)NCCC[C@@H]2CC[C@@H](O)C2)[C@H](c2ccc(F)c(Cl)c2)[C@@]12C(=O)Nc1cc(Cl)c(F)cc12. The van der Waals surface area contributed by atoms with Crippen molar-refractivity contribution in [3.8, 4) is 0 Å². The molecule has 0 aromatic heterocycles. The summed E-state index contributed by atoms with van der Waals surface area (Å²) in [5.74, 6) is -2.34. The Hall–Kier alpha value is -2.26. The standard InChI is InChI=1S/C31H37Cl2F2N3O3/c1-30(2,3)15-25-31(19-13-23(35)21(33)14-24(19)37-29(31)41)26(17-7-9-22(34)20(32)12-17)27(38-25)28(40)36-10-4-5-16-6-8-18(39)11-16/h7,9,12-14,16,18,25-27,38-39H,4-6,8,10-11,15H2,1-3H3,(H,36,40)(H,37,41)/t16-,18-,25-,26+,27-,31+/m1/s1. The van der Waals surface area contributed by atoms with Gasteiger partial charge in [0.2, 0.25) is 11.8 Å². The van der Waals surface area contributed by atoms with Crippen molar-refractivity contribution in [1.82, 2.24) is 10.6 Å². The number of hydrogen-bond donors (Lipinski definition) is 4. The molecule has 1 saturated heterocycles. The molecular formula is C31H37Cl2F2N3O3. The first-order valence-corrected chi connectivity index (χ1v) is 15.0. The molecule has 3 aliphatic rings. The second-order valence-electron chi connectivity index (χ2n) is 13.0. The monoisotopic (exact) mass is 607 g/mol. The molecule has 0 bridgehead atoms. The number of halogens is 4.